The highest BCUT2D eigenvalue weighted by molar-refractivity contribution is 8.00. The zero-order valence-electron chi connectivity index (χ0n) is 13.2. The second-order valence-corrected chi connectivity index (χ2v) is 6.71. The summed E-state index contributed by atoms with van der Waals surface area (Å²) >= 11 is 7.27. The molecule has 0 fully saturated rings. The number of carbonyl (C=O) groups is 2. The van der Waals surface area contributed by atoms with Crippen molar-refractivity contribution in [2.24, 2.45) is 0 Å². The van der Waals surface area contributed by atoms with E-state index >= 15 is 0 Å². The molecule has 5 nitrogen and oxygen atoms in total. The number of rotatable bonds is 5. The van der Waals surface area contributed by atoms with Gasteiger partial charge < -0.3 is 4.74 Å². The fourth-order valence-electron chi connectivity index (χ4n) is 1.90. The van der Waals surface area contributed by atoms with E-state index in [1.54, 1.807) is 13.0 Å². The number of benzene rings is 2. The van der Waals surface area contributed by atoms with E-state index in [0.29, 0.717) is 10.8 Å². The molecule has 0 aliphatic carbocycles. The number of hydrogen-bond acceptors (Lipinski definition) is 4. The molecule has 0 aliphatic heterocycles. The maximum Gasteiger partial charge on any atom is 0.273 e. The molecule has 2 amide bonds. The van der Waals surface area contributed by atoms with E-state index in [-0.39, 0.29) is 16.7 Å². The molecule has 24 heavy (non-hydrogen) atoms. The first-order valence-electron chi connectivity index (χ1n) is 7.16. The van der Waals surface area contributed by atoms with Gasteiger partial charge in [-0.25, -0.2) is 0 Å². The standard InChI is InChI=1S/C17H17ClN2O3S/c1-11(24-13-6-4-3-5-7-13)16(21)19-20-17(22)14-9-8-12(18)10-15(14)23-2/h3-11H,1-2H3,(H,19,21)(H,20,22). The zero-order valence-corrected chi connectivity index (χ0v) is 14.8. The maximum atomic E-state index is 12.2. The van der Waals surface area contributed by atoms with Gasteiger partial charge in [0.15, 0.2) is 0 Å². The quantitative estimate of drug-likeness (QED) is 0.631. The predicted molar refractivity (Wildman–Crippen MR) is 95.4 cm³/mol. The Labute approximate surface area is 149 Å². The minimum absolute atomic E-state index is 0.283. The second-order valence-electron chi connectivity index (χ2n) is 4.86. The lowest BCUT2D eigenvalue weighted by Crippen LogP contribution is -2.45. The van der Waals surface area contributed by atoms with Gasteiger partial charge in [-0.15, -0.1) is 11.8 Å². The van der Waals surface area contributed by atoms with E-state index in [0.717, 1.165) is 4.90 Å². The van der Waals surface area contributed by atoms with Crippen molar-refractivity contribution in [3.8, 4) is 5.75 Å². The Kier molecular flexibility index (Phi) is 6.52. The number of carbonyl (C=O) groups excluding carboxylic acids is 2. The molecule has 0 saturated heterocycles. The molecule has 1 unspecified atom stereocenters. The number of nitrogens with one attached hydrogen (secondary N) is 2. The van der Waals surface area contributed by atoms with Gasteiger partial charge in [0.25, 0.3) is 11.8 Å². The first-order chi connectivity index (χ1) is 11.5. The highest BCUT2D eigenvalue weighted by Gasteiger charge is 2.17. The molecule has 0 spiro atoms. The Morgan fingerprint density at radius 1 is 1.12 bits per heavy atom. The van der Waals surface area contributed by atoms with Crippen LogP contribution in [0.15, 0.2) is 53.4 Å². The molecule has 126 valence electrons. The average Bonchev–Trinajstić information content (AvgIpc) is 2.59. The van der Waals surface area contributed by atoms with Gasteiger partial charge in [-0.05, 0) is 37.3 Å². The van der Waals surface area contributed by atoms with Crippen LogP contribution in [0.5, 0.6) is 5.75 Å². The van der Waals surface area contributed by atoms with Gasteiger partial charge in [-0.3, -0.25) is 20.4 Å². The molecule has 0 radical (unpaired) electrons. The number of hydrazine groups is 1. The molecule has 7 heteroatoms. The van der Waals surface area contributed by atoms with E-state index in [1.807, 2.05) is 30.3 Å². The van der Waals surface area contributed by atoms with Crippen LogP contribution in [0.4, 0.5) is 0 Å². The summed E-state index contributed by atoms with van der Waals surface area (Å²) in [7, 11) is 1.44. The lowest BCUT2D eigenvalue weighted by Gasteiger charge is -2.14. The third kappa shape index (κ3) is 4.91. The van der Waals surface area contributed by atoms with Gasteiger partial charge in [-0.2, -0.15) is 0 Å². The van der Waals surface area contributed by atoms with Crippen molar-refractivity contribution in [1.29, 1.82) is 0 Å². The van der Waals surface area contributed by atoms with Crippen LogP contribution in [0.2, 0.25) is 5.02 Å². The maximum absolute atomic E-state index is 12.2. The first kappa shape index (κ1) is 18.2. The number of thioether (sulfide) groups is 1. The molecule has 2 rings (SSSR count). The number of ether oxygens (including phenoxy) is 1. The number of methoxy groups -OCH3 is 1. The Morgan fingerprint density at radius 3 is 2.50 bits per heavy atom. The van der Waals surface area contributed by atoms with Gasteiger partial charge in [0.2, 0.25) is 0 Å². The largest absolute Gasteiger partial charge is 0.496 e. The second kappa shape index (κ2) is 8.61. The summed E-state index contributed by atoms with van der Waals surface area (Å²) in [5, 5.41) is 0.0973. The van der Waals surface area contributed by atoms with E-state index in [4.69, 9.17) is 16.3 Å². The summed E-state index contributed by atoms with van der Waals surface area (Å²) < 4.78 is 5.12. The molecular weight excluding hydrogens is 348 g/mol. The lowest BCUT2D eigenvalue weighted by atomic mass is 10.2. The summed E-state index contributed by atoms with van der Waals surface area (Å²) in [6, 6.07) is 14.2. The number of halogens is 1. The zero-order chi connectivity index (χ0) is 17.5. The van der Waals surface area contributed by atoms with Crippen LogP contribution in [0.3, 0.4) is 0 Å². The minimum atomic E-state index is -0.478. The molecular formula is C17H17ClN2O3S. The molecule has 0 aromatic heterocycles. The molecule has 2 aromatic rings. The van der Waals surface area contributed by atoms with Crippen LogP contribution in [0.25, 0.3) is 0 Å². The normalized spacial score (nSPS) is 11.5. The van der Waals surface area contributed by atoms with E-state index in [2.05, 4.69) is 10.9 Å². The van der Waals surface area contributed by atoms with Crippen molar-refractivity contribution in [3.63, 3.8) is 0 Å². The molecule has 0 bridgehead atoms. The van der Waals surface area contributed by atoms with Crippen molar-refractivity contribution < 1.29 is 14.3 Å². The van der Waals surface area contributed by atoms with Crippen molar-refractivity contribution in [2.75, 3.05) is 7.11 Å². The highest BCUT2D eigenvalue weighted by atomic mass is 35.5. The van der Waals surface area contributed by atoms with Crippen LogP contribution < -0.4 is 15.6 Å². The van der Waals surface area contributed by atoms with E-state index in [1.165, 1.54) is 31.0 Å². The van der Waals surface area contributed by atoms with Gasteiger partial charge in [0.1, 0.15) is 5.75 Å². The van der Waals surface area contributed by atoms with Gasteiger partial charge in [0, 0.05) is 9.92 Å². The first-order valence-corrected chi connectivity index (χ1v) is 8.42. The van der Waals surface area contributed by atoms with Crippen LogP contribution >= 0.6 is 23.4 Å². The third-order valence-corrected chi connectivity index (χ3v) is 4.48. The van der Waals surface area contributed by atoms with Gasteiger partial charge >= 0.3 is 0 Å². The van der Waals surface area contributed by atoms with Crippen LogP contribution in [0, 0.1) is 0 Å². The molecule has 1 atom stereocenters. The van der Waals surface area contributed by atoms with Crippen molar-refractivity contribution >= 4 is 35.2 Å². The lowest BCUT2D eigenvalue weighted by molar-refractivity contribution is -0.121. The SMILES string of the molecule is COc1cc(Cl)ccc1C(=O)NNC(=O)C(C)Sc1ccccc1. The third-order valence-electron chi connectivity index (χ3n) is 3.13. The highest BCUT2D eigenvalue weighted by Crippen LogP contribution is 2.23. The minimum Gasteiger partial charge on any atom is -0.496 e. The molecule has 0 heterocycles. The van der Waals surface area contributed by atoms with Gasteiger partial charge in [-0.1, -0.05) is 29.8 Å². The summed E-state index contributed by atoms with van der Waals surface area (Å²) in [5.74, 6) is -0.445. The van der Waals surface area contributed by atoms with Crippen LogP contribution in [-0.4, -0.2) is 24.2 Å². The Balaban J connectivity index is 1.92. The van der Waals surface area contributed by atoms with Gasteiger partial charge in [0.05, 0.1) is 17.9 Å². The summed E-state index contributed by atoms with van der Waals surface area (Å²) in [5.41, 5.74) is 5.09. The molecule has 0 aliphatic rings. The number of hydrogen-bond donors (Lipinski definition) is 2. The van der Waals surface area contributed by atoms with E-state index in [9.17, 15) is 9.59 Å². The topological polar surface area (TPSA) is 67.4 Å². The summed E-state index contributed by atoms with van der Waals surface area (Å²) in [4.78, 5) is 25.2. The van der Waals surface area contributed by atoms with Crippen molar-refractivity contribution in [3.05, 3.63) is 59.1 Å². The Bertz CT molecular complexity index is 725. The van der Waals surface area contributed by atoms with Crippen molar-refractivity contribution in [1.82, 2.24) is 10.9 Å². The molecule has 2 N–H and O–H groups in total. The predicted octanol–water partition coefficient (Wildman–Crippen LogP) is 3.29. The van der Waals surface area contributed by atoms with Crippen LogP contribution in [0.1, 0.15) is 17.3 Å². The summed E-state index contributed by atoms with van der Waals surface area (Å²) in [6.07, 6.45) is 0. The molecule has 0 saturated carbocycles. The fraction of sp³-hybridized carbons (Fsp3) is 0.176. The van der Waals surface area contributed by atoms with Crippen LogP contribution in [-0.2, 0) is 4.79 Å². The van der Waals surface area contributed by atoms with Crippen molar-refractivity contribution in [2.45, 2.75) is 17.1 Å². The van der Waals surface area contributed by atoms with E-state index < -0.39 is 5.91 Å². The fourth-order valence-corrected chi connectivity index (χ4v) is 2.95. The smallest absolute Gasteiger partial charge is 0.273 e. The Hall–Kier alpha value is -2.18. The summed E-state index contributed by atoms with van der Waals surface area (Å²) in [6.45, 7) is 1.77. The number of amides is 2. The monoisotopic (exact) mass is 364 g/mol. The Morgan fingerprint density at radius 2 is 1.83 bits per heavy atom. The molecule has 2 aromatic carbocycles. The average molecular weight is 365 g/mol.